The molecule has 0 atom stereocenters. The smallest absolute Gasteiger partial charge is 0.106 e. The van der Waals surface area contributed by atoms with Crippen molar-refractivity contribution in [1.29, 1.82) is 0 Å². The maximum Gasteiger partial charge on any atom is 0.106 e. The van der Waals surface area contributed by atoms with E-state index in [0.717, 1.165) is 10.2 Å². The Hall–Kier alpha value is -0.900. The van der Waals surface area contributed by atoms with E-state index >= 15 is 0 Å². The van der Waals surface area contributed by atoms with Crippen LogP contribution in [0.4, 0.5) is 5.69 Å². The number of hydrogen-bond donors (Lipinski definition) is 1. The number of nitrogen functional groups attached to an aromatic ring is 1. The van der Waals surface area contributed by atoms with Gasteiger partial charge in [-0.15, -0.1) is 0 Å². The minimum absolute atomic E-state index is 0.486. The van der Waals surface area contributed by atoms with Gasteiger partial charge in [0.1, 0.15) is 4.60 Å². The molecule has 0 amide bonds. The predicted octanol–water partition coefficient (Wildman–Crippen LogP) is 3.18. The summed E-state index contributed by atoms with van der Waals surface area (Å²) in [6, 6.07) is 2.39. The van der Waals surface area contributed by atoms with E-state index in [1.165, 1.54) is 32.1 Å². The van der Waals surface area contributed by atoms with E-state index in [1.54, 1.807) is 6.20 Å². The molecule has 1 heterocycles. The minimum Gasteiger partial charge on any atom is -0.397 e. The van der Waals surface area contributed by atoms with E-state index in [9.17, 15) is 0 Å². The molecule has 0 bridgehead atoms. The molecule has 0 aromatic carbocycles. The number of anilines is 1. The number of nitrogens with two attached hydrogens (primary N) is 1. The van der Waals surface area contributed by atoms with Crippen molar-refractivity contribution in [2.24, 2.45) is 4.99 Å². The highest BCUT2D eigenvalue weighted by molar-refractivity contribution is 9.10. The van der Waals surface area contributed by atoms with E-state index in [4.69, 9.17) is 5.73 Å². The minimum atomic E-state index is 0.486. The average Bonchev–Trinajstić information content (AvgIpc) is 2.32. The number of aromatic nitrogens is 1. The van der Waals surface area contributed by atoms with Crippen LogP contribution in [0.3, 0.4) is 0 Å². The number of aliphatic imine (C=N–C) groups is 1. The first-order chi connectivity index (χ1) is 7.75. The van der Waals surface area contributed by atoms with Crippen LogP contribution in [0.1, 0.15) is 37.7 Å². The Morgan fingerprint density at radius 2 is 2.12 bits per heavy atom. The molecule has 1 saturated carbocycles. The van der Waals surface area contributed by atoms with Crippen LogP contribution in [0.25, 0.3) is 0 Å². The van der Waals surface area contributed by atoms with Crippen LogP contribution >= 0.6 is 15.9 Å². The van der Waals surface area contributed by atoms with E-state index in [1.807, 2.05) is 12.3 Å². The first kappa shape index (κ1) is 11.6. The van der Waals surface area contributed by atoms with Gasteiger partial charge >= 0.3 is 0 Å². The van der Waals surface area contributed by atoms with Crippen LogP contribution in [0.5, 0.6) is 0 Å². The quantitative estimate of drug-likeness (QED) is 0.669. The molecule has 2 N–H and O–H groups in total. The Bertz CT molecular complexity index is 384. The molecule has 1 aromatic rings. The summed E-state index contributed by atoms with van der Waals surface area (Å²) in [6.07, 6.45) is 9.93. The van der Waals surface area contributed by atoms with Gasteiger partial charge in [-0.25, -0.2) is 4.98 Å². The first-order valence-corrected chi connectivity index (χ1v) is 6.49. The van der Waals surface area contributed by atoms with E-state index < -0.39 is 0 Å². The number of rotatable bonds is 2. The van der Waals surface area contributed by atoms with Crippen LogP contribution in [0.15, 0.2) is 21.9 Å². The topological polar surface area (TPSA) is 51.3 Å². The second kappa shape index (κ2) is 5.43. The molecule has 1 fully saturated rings. The summed E-state index contributed by atoms with van der Waals surface area (Å²) in [5, 5.41) is 0. The SMILES string of the molecule is Nc1cnc(Br)cc1C=NC1CCCCC1. The number of pyridine rings is 1. The Labute approximate surface area is 104 Å². The summed E-state index contributed by atoms with van der Waals surface area (Å²) < 4.78 is 0.798. The van der Waals surface area contributed by atoms with Gasteiger partial charge in [0.05, 0.1) is 11.9 Å². The fourth-order valence-corrected chi connectivity index (χ4v) is 2.33. The van der Waals surface area contributed by atoms with Crippen molar-refractivity contribution in [2.75, 3.05) is 5.73 Å². The lowest BCUT2D eigenvalue weighted by Gasteiger charge is -2.17. The Balaban J connectivity index is 2.07. The average molecular weight is 282 g/mol. The lowest BCUT2D eigenvalue weighted by molar-refractivity contribution is 0.444. The van der Waals surface area contributed by atoms with E-state index in [-0.39, 0.29) is 0 Å². The molecule has 0 unspecified atom stereocenters. The van der Waals surface area contributed by atoms with Crippen molar-refractivity contribution >= 4 is 27.8 Å². The normalized spacial score (nSPS) is 18.1. The summed E-state index contributed by atoms with van der Waals surface area (Å²) in [5.74, 6) is 0. The van der Waals surface area contributed by atoms with E-state index in [2.05, 4.69) is 25.9 Å². The molecule has 0 spiro atoms. The van der Waals surface area contributed by atoms with Crippen molar-refractivity contribution in [2.45, 2.75) is 38.1 Å². The van der Waals surface area contributed by atoms with Crippen molar-refractivity contribution in [3.8, 4) is 0 Å². The maximum atomic E-state index is 5.83. The first-order valence-electron chi connectivity index (χ1n) is 5.70. The third-order valence-corrected chi connectivity index (χ3v) is 3.37. The fourth-order valence-electron chi connectivity index (χ4n) is 1.98. The second-order valence-corrected chi connectivity index (χ2v) is 5.02. The van der Waals surface area contributed by atoms with Gasteiger partial charge in [0.2, 0.25) is 0 Å². The summed E-state index contributed by atoms with van der Waals surface area (Å²) in [7, 11) is 0. The summed E-state index contributed by atoms with van der Waals surface area (Å²) in [6.45, 7) is 0. The Morgan fingerprint density at radius 1 is 1.38 bits per heavy atom. The molecule has 1 aromatic heterocycles. The molecular weight excluding hydrogens is 266 g/mol. The zero-order valence-corrected chi connectivity index (χ0v) is 10.8. The highest BCUT2D eigenvalue weighted by Gasteiger charge is 2.10. The van der Waals surface area contributed by atoms with Gasteiger partial charge in [0, 0.05) is 17.8 Å². The largest absolute Gasteiger partial charge is 0.397 e. The standard InChI is InChI=1S/C12H16BrN3/c13-12-6-9(11(14)8-16-12)7-15-10-4-2-1-3-5-10/h6-8,10H,1-5,14H2. The molecule has 2 rings (SSSR count). The van der Waals surface area contributed by atoms with Crippen molar-refractivity contribution in [3.63, 3.8) is 0 Å². The predicted molar refractivity (Wildman–Crippen MR) is 70.8 cm³/mol. The van der Waals surface area contributed by atoms with Gasteiger partial charge in [-0.1, -0.05) is 19.3 Å². The van der Waals surface area contributed by atoms with Crippen LogP contribution < -0.4 is 5.73 Å². The second-order valence-electron chi connectivity index (χ2n) is 4.21. The van der Waals surface area contributed by atoms with Crippen LogP contribution in [-0.4, -0.2) is 17.2 Å². The molecule has 4 heteroatoms. The molecular formula is C12H16BrN3. The van der Waals surface area contributed by atoms with Gasteiger partial charge in [0.15, 0.2) is 0 Å². The highest BCUT2D eigenvalue weighted by atomic mass is 79.9. The maximum absolute atomic E-state index is 5.83. The van der Waals surface area contributed by atoms with E-state index in [0.29, 0.717) is 11.7 Å². The van der Waals surface area contributed by atoms with Crippen molar-refractivity contribution < 1.29 is 0 Å². The van der Waals surface area contributed by atoms with Gasteiger partial charge < -0.3 is 5.73 Å². The van der Waals surface area contributed by atoms with Crippen LogP contribution in [-0.2, 0) is 0 Å². The third-order valence-electron chi connectivity index (χ3n) is 2.93. The molecule has 3 nitrogen and oxygen atoms in total. The lowest BCUT2D eigenvalue weighted by Crippen LogP contribution is -2.10. The van der Waals surface area contributed by atoms with Crippen LogP contribution in [0.2, 0.25) is 0 Å². The van der Waals surface area contributed by atoms with Crippen LogP contribution in [0, 0.1) is 0 Å². The zero-order valence-electron chi connectivity index (χ0n) is 9.19. The number of nitrogens with zero attached hydrogens (tertiary/aromatic N) is 2. The summed E-state index contributed by atoms with van der Waals surface area (Å²) in [5.41, 5.74) is 7.46. The van der Waals surface area contributed by atoms with Gasteiger partial charge in [-0.3, -0.25) is 4.99 Å². The summed E-state index contributed by atoms with van der Waals surface area (Å²) in [4.78, 5) is 8.67. The van der Waals surface area contributed by atoms with Gasteiger partial charge in [-0.05, 0) is 34.8 Å². The molecule has 1 aliphatic rings. The lowest BCUT2D eigenvalue weighted by atomic mass is 9.96. The molecule has 0 radical (unpaired) electrons. The number of halogens is 1. The zero-order chi connectivity index (χ0) is 11.4. The monoisotopic (exact) mass is 281 g/mol. The molecule has 0 saturated heterocycles. The molecule has 86 valence electrons. The Kier molecular flexibility index (Phi) is 3.93. The molecule has 16 heavy (non-hydrogen) atoms. The van der Waals surface area contributed by atoms with Gasteiger partial charge in [-0.2, -0.15) is 0 Å². The fraction of sp³-hybridized carbons (Fsp3) is 0.500. The van der Waals surface area contributed by atoms with Gasteiger partial charge in [0.25, 0.3) is 0 Å². The Morgan fingerprint density at radius 3 is 2.88 bits per heavy atom. The van der Waals surface area contributed by atoms with Crippen molar-refractivity contribution in [3.05, 3.63) is 22.4 Å². The summed E-state index contributed by atoms with van der Waals surface area (Å²) >= 11 is 3.33. The van der Waals surface area contributed by atoms with Crippen molar-refractivity contribution in [1.82, 2.24) is 4.98 Å². The molecule has 1 aliphatic carbocycles. The molecule has 0 aliphatic heterocycles. The third kappa shape index (κ3) is 3.04. The highest BCUT2D eigenvalue weighted by Crippen LogP contribution is 2.21. The number of hydrogen-bond acceptors (Lipinski definition) is 3.